The molecule has 0 aliphatic heterocycles. The first kappa shape index (κ1) is 35.5. The van der Waals surface area contributed by atoms with Crippen molar-refractivity contribution >= 4 is 30.2 Å². The summed E-state index contributed by atoms with van der Waals surface area (Å²) in [5.74, 6) is -3.33. The van der Waals surface area contributed by atoms with Gasteiger partial charge in [0.25, 0.3) is 23.9 Å². The lowest BCUT2D eigenvalue weighted by Crippen LogP contribution is -2.39. The molecule has 0 amide bonds. The molecule has 0 aromatic heterocycles. The molecule has 0 unspecified atom stereocenters. The lowest BCUT2D eigenvalue weighted by atomic mass is 10.1. The van der Waals surface area contributed by atoms with Gasteiger partial charge in [0.05, 0.1) is 12.7 Å². The second-order valence-corrected chi connectivity index (χ2v) is 4.29. The molecule has 0 saturated heterocycles. The topological polar surface area (TPSA) is 247 Å². The van der Waals surface area contributed by atoms with Crippen LogP contribution in [0.2, 0.25) is 0 Å². The monoisotopic (exact) mass is 404 g/mol. The van der Waals surface area contributed by atoms with E-state index in [1.165, 1.54) is 0 Å². The van der Waals surface area contributed by atoms with Crippen molar-refractivity contribution in [2.75, 3.05) is 6.61 Å². The molecule has 0 spiro atoms. The second-order valence-electron chi connectivity index (χ2n) is 4.29. The van der Waals surface area contributed by atoms with E-state index in [1.807, 2.05) is 0 Å². The summed E-state index contributed by atoms with van der Waals surface area (Å²) in [5.41, 5.74) is 0. The largest absolute Gasteiger partial charge is 0.481 e. The van der Waals surface area contributed by atoms with E-state index in [0.717, 1.165) is 27.7 Å². The van der Waals surface area contributed by atoms with Gasteiger partial charge >= 0.3 is 0 Å². The van der Waals surface area contributed by atoms with Crippen LogP contribution >= 0.6 is 0 Å². The average Bonchev–Trinajstić information content (AvgIpc) is 2.43. The molecule has 13 nitrogen and oxygen atoms in total. The SMILES string of the molecule is CC(=O)O.CC(=O)O.CC(=O)O.CC(=O)O.O=CC[C@@H](O)[C@H](O)[C@H](O)CO. The van der Waals surface area contributed by atoms with Gasteiger partial charge in [0.2, 0.25) is 0 Å². The average molecular weight is 404 g/mol. The zero-order valence-corrected chi connectivity index (χ0v) is 15.3. The van der Waals surface area contributed by atoms with Crippen LogP contribution in [0.15, 0.2) is 0 Å². The highest BCUT2D eigenvalue weighted by molar-refractivity contribution is 5.63. The normalized spacial score (nSPS) is 11.4. The Kier molecular flexibility index (Phi) is 33.7. The van der Waals surface area contributed by atoms with Crippen LogP contribution in [0.1, 0.15) is 34.1 Å². The summed E-state index contributed by atoms with van der Waals surface area (Å²) in [4.78, 5) is 45.8. The predicted molar refractivity (Wildman–Crippen MR) is 89.0 cm³/mol. The van der Waals surface area contributed by atoms with Crippen LogP contribution in [0, 0.1) is 0 Å². The van der Waals surface area contributed by atoms with Crippen molar-refractivity contribution in [3.8, 4) is 0 Å². The summed E-state index contributed by atoms with van der Waals surface area (Å²) >= 11 is 0. The molecule has 0 rings (SSSR count). The first-order chi connectivity index (χ1) is 12.1. The van der Waals surface area contributed by atoms with Gasteiger partial charge in [-0.3, -0.25) is 19.2 Å². The van der Waals surface area contributed by atoms with Crippen LogP contribution in [-0.2, 0) is 24.0 Å². The van der Waals surface area contributed by atoms with Crippen molar-refractivity contribution < 1.29 is 64.8 Å². The zero-order valence-electron chi connectivity index (χ0n) is 15.3. The van der Waals surface area contributed by atoms with Crippen LogP contribution in [0.5, 0.6) is 0 Å². The fourth-order valence-corrected chi connectivity index (χ4v) is 0.602. The molecule has 3 atom stereocenters. The van der Waals surface area contributed by atoms with E-state index in [0.29, 0.717) is 6.29 Å². The molecule has 0 aliphatic carbocycles. The number of carbonyl (C=O) groups excluding carboxylic acids is 1. The van der Waals surface area contributed by atoms with Gasteiger partial charge < -0.3 is 45.6 Å². The van der Waals surface area contributed by atoms with Gasteiger partial charge in [0.1, 0.15) is 18.5 Å². The maximum absolute atomic E-state index is 9.82. The third-order valence-electron chi connectivity index (χ3n) is 1.31. The summed E-state index contributed by atoms with van der Waals surface area (Å²) in [7, 11) is 0. The highest BCUT2D eigenvalue weighted by Crippen LogP contribution is 2.01. The van der Waals surface area contributed by atoms with E-state index in [2.05, 4.69) is 0 Å². The van der Waals surface area contributed by atoms with Gasteiger partial charge in [-0.25, -0.2) is 0 Å². The van der Waals surface area contributed by atoms with Gasteiger partial charge in [-0.2, -0.15) is 0 Å². The number of aliphatic hydroxyl groups is 4. The Hall–Kier alpha value is -2.61. The first-order valence-corrected chi connectivity index (χ1v) is 6.93. The molecule has 8 N–H and O–H groups in total. The Morgan fingerprint density at radius 1 is 0.704 bits per heavy atom. The summed E-state index contributed by atoms with van der Waals surface area (Å²) in [6, 6.07) is 0. The maximum atomic E-state index is 9.82. The Morgan fingerprint density at radius 3 is 1.07 bits per heavy atom. The molecule has 27 heavy (non-hydrogen) atoms. The van der Waals surface area contributed by atoms with Crippen LogP contribution in [0.25, 0.3) is 0 Å². The van der Waals surface area contributed by atoms with Crippen molar-refractivity contribution in [2.24, 2.45) is 0 Å². The van der Waals surface area contributed by atoms with Gasteiger partial charge in [0.15, 0.2) is 0 Å². The van der Waals surface area contributed by atoms with Crippen LogP contribution in [0.4, 0.5) is 0 Å². The molecule has 0 radical (unpaired) electrons. The first-order valence-electron chi connectivity index (χ1n) is 6.93. The number of aliphatic carboxylic acids is 4. The number of rotatable bonds is 5. The molecule has 162 valence electrons. The smallest absolute Gasteiger partial charge is 0.300 e. The fourth-order valence-electron chi connectivity index (χ4n) is 0.602. The van der Waals surface area contributed by atoms with Crippen molar-refractivity contribution in [2.45, 2.75) is 52.4 Å². The Balaban J connectivity index is -0.0000000841. The minimum Gasteiger partial charge on any atom is -0.481 e. The van der Waals surface area contributed by atoms with E-state index in [1.54, 1.807) is 0 Å². The number of hydrogen-bond donors (Lipinski definition) is 8. The van der Waals surface area contributed by atoms with Gasteiger partial charge in [0, 0.05) is 34.1 Å². The minimum absolute atomic E-state index is 0.252. The summed E-state index contributed by atoms with van der Waals surface area (Å²) < 4.78 is 0. The molecule has 0 heterocycles. The molecular weight excluding hydrogens is 376 g/mol. The number of aldehydes is 1. The Bertz CT molecular complexity index is 344. The van der Waals surface area contributed by atoms with E-state index in [4.69, 9.17) is 60.0 Å². The third-order valence-corrected chi connectivity index (χ3v) is 1.31. The van der Waals surface area contributed by atoms with E-state index >= 15 is 0 Å². The Morgan fingerprint density at radius 2 is 0.926 bits per heavy atom. The molecule has 0 saturated carbocycles. The number of aliphatic hydroxyl groups excluding tert-OH is 4. The Labute approximate surface area is 155 Å². The quantitative estimate of drug-likeness (QED) is 0.231. The lowest BCUT2D eigenvalue weighted by Gasteiger charge is -2.19. The van der Waals surface area contributed by atoms with Crippen molar-refractivity contribution in [3.05, 3.63) is 0 Å². The minimum atomic E-state index is -1.47. The van der Waals surface area contributed by atoms with Crippen LogP contribution < -0.4 is 0 Å². The van der Waals surface area contributed by atoms with E-state index in [9.17, 15) is 4.79 Å². The van der Waals surface area contributed by atoms with Gasteiger partial charge in [-0.1, -0.05) is 0 Å². The van der Waals surface area contributed by atoms with Crippen molar-refractivity contribution in [3.63, 3.8) is 0 Å². The summed E-state index contributed by atoms with van der Waals surface area (Å²) in [5, 5.41) is 64.5. The second kappa shape index (κ2) is 25.6. The van der Waals surface area contributed by atoms with Crippen LogP contribution in [0.3, 0.4) is 0 Å². The molecule has 0 aliphatic rings. The standard InChI is InChI=1S/C6H12O5.4C2H4O2/c7-2-1-4(9)6(11)5(10)3-8;4*1-2(3)4/h2,4-6,8-11H,1,3H2;4*1H3,(H,3,4)/t4-,5-,6+;;;;/m1..../s1. The number of carboxylic acids is 4. The van der Waals surface area contributed by atoms with Crippen LogP contribution in [-0.4, -0.2) is 95.9 Å². The van der Waals surface area contributed by atoms with Crippen molar-refractivity contribution in [1.82, 2.24) is 0 Å². The molecule has 13 heteroatoms. The summed E-state index contributed by atoms with van der Waals surface area (Å²) in [6.45, 7) is 3.69. The van der Waals surface area contributed by atoms with Crippen molar-refractivity contribution in [1.29, 1.82) is 0 Å². The van der Waals surface area contributed by atoms with Gasteiger partial charge in [-0.15, -0.1) is 0 Å². The summed E-state index contributed by atoms with van der Waals surface area (Å²) in [6.07, 6.45) is -4.00. The number of carboxylic acid groups (broad SMARTS) is 4. The lowest BCUT2D eigenvalue weighted by molar-refractivity contribution is -0.135. The predicted octanol–water partition coefficient (Wildman–Crippen LogP) is -1.99. The molecular formula is C14H28O13. The highest BCUT2D eigenvalue weighted by Gasteiger charge is 2.23. The molecule has 0 bridgehead atoms. The maximum Gasteiger partial charge on any atom is 0.300 e. The zero-order chi connectivity index (χ0) is 23.2. The van der Waals surface area contributed by atoms with Gasteiger partial charge in [-0.05, 0) is 0 Å². The number of carbonyl (C=O) groups is 5. The molecule has 0 aromatic rings. The van der Waals surface area contributed by atoms with E-state index < -0.39 is 48.8 Å². The third kappa shape index (κ3) is 99.1. The van der Waals surface area contributed by atoms with E-state index in [-0.39, 0.29) is 6.42 Å². The highest BCUT2D eigenvalue weighted by atomic mass is 16.4. The molecule has 0 fully saturated rings. The molecule has 0 aromatic carbocycles. The fraction of sp³-hybridized carbons (Fsp3) is 0.643. The number of hydrogen-bond acceptors (Lipinski definition) is 9.